The summed E-state index contributed by atoms with van der Waals surface area (Å²) in [6.45, 7) is 9.71. The molecule has 9 heteroatoms. The fourth-order valence-corrected chi connectivity index (χ4v) is 5.74. The molecule has 0 aliphatic heterocycles. The molecule has 0 aromatic heterocycles. The van der Waals surface area contributed by atoms with Crippen LogP contribution in [0.15, 0.2) is 30.3 Å². The highest BCUT2D eigenvalue weighted by atomic mass is 35.5. The first-order valence-electron chi connectivity index (χ1n) is 11.2. The van der Waals surface area contributed by atoms with Gasteiger partial charge in [0.25, 0.3) is 0 Å². The highest BCUT2D eigenvalue weighted by Gasteiger charge is 2.28. The van der Waals surface area contributed by atoms with E-state index in [9.17, 15) is 14.6 Å². The Balaban J connectivity index is 2.52. The number of anilines is 2. The van der Waals surface area contributed by atoms with Crippen molar-refractivity contribution in [2.45, 2.75) is 40.7 Å². The molecule has 0 saturated heterocycles. The summed E-state index contributed by atoms with van der Waals surface area (Å²) in [5.41, 5.74) is 4.18. The molecule has 0 fully saturated rings. The average Bonchev–Trinajstić information content (AvgIpc) is 2.77. The Kier molecular flexibility index (Phi) is 10.1. The van der Waals surface area contributed by atoms with Crippen LogP contribution in [0.1, 0.15) is 53.9 Å². The molecule has 2 aromatic carbocycles. The zero-order valence-electron chi connectivity index (χ0n) is 20.6. The number of rotatable bonds is 12. The van der Waals surface area contributed by atoms with E-state index in [0.29, 0.717) is 34.1 Å². The zero-order valence-corrected chi connectivity index (χ0v) is 22.3. The van der Waals surface area contributed by atoms with Gasteiger partial charge in [-0.3, -0.25) is 9.36 Å². The second-order valence-electron chi connectivity index (χ2n) is 7.92. The largest absolute Gasteiger partial charge is 0.382 e. The first kappa shape index (κ1) is 27.9. The number of nitrogens with zero attached hydrogens (tertiary/aromatic N) is 2. The van der Waals surface area contributed by atoms with Crippen molar-refractivity contribution in [3.8, 4) is 6.07 Å². The SMILES string of the molecule is CCOP(=O)(CCNc1c(C)ccc(C(C)=O)c1N(C)C(C#N)c1c(C)cccc1Cl)OCC. The molecule has 0 saturated carbocycles. The molecule has 0 heterocycles. The molecule has 1 unspecified atom stereocenters. The lowest BCUT2D eigenvalue weighted by atomic mass is 9.97. The van der Waals surface area contributed by atoms with E-state index in [2.05, 4.69) is 11.4 Å². The van der Waals surface area contributed by atoms with E-state index in [1.807, 2.05) is 32.0 Å². The van der Waals surface area contributed by atoms with E-state index < -0.39 is 13.6 Å². The van der Waals surface area contributed by atoms with Crippen molar-refractivity contribution in [1.29, 1.82) is 5.26 Å². The van der Waals surface area contributed by atoms with Gasteiger partial charge in [-0.25, -0.2) is 0 Å². The van der Waals surface area contributed by atoms with Crippen molar-refractivity contribution in [1.82, 2.24) is 0 Å². The Morgan fingerprint density at radius 2 is 1.82 bits per heavy atom. The third-order valence-corrected chi connectivity index (χ3v) is 7.92. The second kappa shape index (κ2) is 12.4. The van der Waals surface area contributed by atoms with Crippen molar-refractivity contribution in [2.75, 3.05) is 43.2 Å². The number of hydrogen-bond acceptors (Lipinski definition) is 7. The molecule has 2 aromatic rings. The second-order valence-corrected chi connectivity index (χ2v) is 10.5. The van der Waals surface area contributed by atoms with Crippen LogP contribution in [0.3, 0.4) is 0 Å². The van der Waals surface area contributed by atoms with Crippen LogP contribution in [0.2, 0.25) is 5.02 Å². The summed E-state index contributed by atoms with van der Waals surface area (Å²) < 4.78 is 23.7. The number of hydrogen-bond donors (Lipinski definition) is 1. The normalized spacial score (nSPS) is 12.2. The number of benzene rings is 2. The van der Waals surface area contributed by atoms with Crippen LogP contribution in [0, 0.1) is 25.2 Å². The minimum Gasteiger partial charge on any atom is -0.382 e. The summed E-state index contributed by atoms with van der Waals surface area (Å²) in [5.74, 6) is -0.133. The van der Waals surface area contributed by atoms with E-state index in [4.69, 9.17) is 20.6 Å². The lowest BCUT2D eigenvalue weighted by molar-refractivity contribution is 0.101. The lowest BCUT2D eigenvalue weighted by Crippen LogP contribution is -2.27. The molecule has 7 nitrogen and oxygen atoms in total. The maximum absolute atomic E-state index is 12.9. The predicted molar refractivity (Wildman–Crippen MR) is 138 cm³/mol. The van der Waals surface area contributed by atoms with Crippen LogP contribution in [-0.2, 0) is 13.6 Å². The number of carbonyl (C=O) groups excluding carboxylic acids is 1. The number of aryl methyl sites for hydroxylation is 2. The van der Waals surface area contributed by atoms with Gasteiger partial charge in [-0.05, 0) is 57.9 Å². The fraction of sp³-hybridized carbons (Fsp3) is 0.440. The molecule has 1 N–H and O–H groups in total. The molecule has 0 radical (unpaired) electrons. The van der Waals surface area contributed by atoms with Crippen molar-refractivity contribution in [3.05, 3.63) is 57.6 Å². The molecule has 0 aliphatic rings. The van der Waals surface area contributed by atoms with E-state index in [1.165, 1.54) is 6.92 Å². The van der Waals surface area contributed by atoms with Gasteiger partial charge in [0, 0.05) is 29.7 Å². The predicted octanol–water partition coefficient (Wildman–Crippen LogP) is 6.54. The highest BCUT2D eigenvalue weighted by molar-refractivity contribution is 7.53. The number of ketones is 1. The quantitative estimate of drug-likeness (QED) is 0.258. The van der Waals surface area contributed by atoms with Gasteiger partial charge in [-0.15, -0.1) is 0 Å². The minimum absolute atomic E-state index is 0.133. The molecular formula is C25H33ClN3O4P. The average molecular weight is 506 g/mol. The summed E-state index contributed by atoms with van der Waals surface area (Å²) in [7, 11) is -1.47. The number of halogens is 1. The van der Waals surface area contributed by atoms with E-state index in [1.54, 1.807) is 37.9 Å². The molecule has 184 valence electrons. The molecule has 34 heavy (non-hydrogen) atoms. The molecule has 2 rings (SSSR count). The topological polar surface area (TPSA) is 91.7 Å². The third kappa shape index (κ3) is 6.40. The van der Waals surface area contributed by atoms with Gasteiger partial charge in [0.15, 0.2) is 5.78 Å². The smallest absolute Gasteiger partial charge is 0.332 e. The summed E-state index contributed by atoms with van der Waals surface area (Å²) in [6, 6.07) is 10.7. The van der Waals surface area contributed by atoms with Crippen molar-refractivity contribution < 1.29 is 18.4 Å². The monoisotopic (exact) mass is 505 g/mol. The highest BCUT2D eigenvalue weighted by Crippen LogP contribution is 2.48. The van der Waals surface area contributed by atoms with E-state index in [0.717, 1.165) is 11.1 Å². The zero-order chi connectivity index (χ0) is 25.5. The van der Waals surface area contributed by atoms with E-state index in [-0.39, 0.29) is 25.2 Å². The van der Waals surface area contributed by atoms with Crippen molar-refractivity contribution >= 4 is 36.4 Å². The Hall–Kier alpha value is -2.36. The molecule has 0 amide bonds. The summed E-state index contributed by atoms with van der Waals surface area (Å²) in [5, 5.41) is 13.9. The van der Waals surface area contributed by atoms with Gasteiger partial charge < -0.3 is 19.3 Å². The Bertz CT molecular complexity index is 1090. The molecule has 0 aliphatic carbocycles. The summed E-state index contributed by atoms with van der Waals surface area (Å²) in [4.78, 5) is 14.3. The molecule has 0 spiro atoms. The number of nitriles is 1. The van der Waals surface area contributed by atoms with Crippen LogP contribution >= 0.6 is 19.2 Å². The van der Waals surface area contributed by atoms with Gasteiger partial charge in [0.05, 0.1) is 36.8 Å². The summed E-state index contributed by atoms with van der Waals surface area (Å²) >= 11 is 6.48. The number of Topliss-reactive ketones (excluding diaryl/α,β-unsaturated/α-hetero) is 1. The molecule has 1 atom stereocenters. The standard InChI is InChI=1S/C25H33ClN3O4P/c1-7-32-34(31,33-8-2)15-14-28-24-18(4)12-13-20(19(5)30)25(24)29(6)22(16-27)23-17(3)10-9-11-21(23)26/h9-13,22,28H,7-8,14-15H2,1-6H3. The fourth-order valence-electron chi connectivity index (χ4n) is 3.91. The van der Waals surface area contributed by atoms with Crippen LogP contribution < -0.4 is 10.2 Å². The van der Waals surface area contributed by atoms with Gasteiger partial charge in [-0.1, -0.05) is 29.8 Å². The summed E-state index contributed by atoms with van der Waals surface area (Å²) in [6.07, 6.45) is 0.160. The van der Waals surface area contributed by atoms with Crippen LogP contribution in [0.4, 0.5) is 11.4 Å². The maximum Gasteiger partial charge on any atom is 0.332 e. The number of nitrogens with one attached hydrogen (secondary N) is 1. The van der Waals surface area contributed by atoms with Crippen LogP contribution in [-0.4, -0.2) is 38.8 Å². The Labute approximate surface area is 207 Å². The Morgan fingerprint density at radius 1 is 1.18 bits per heavy atom. The number of carbonyl (C=O) groups is 1. The van der Waals surface area contributed by atoms with Crippen LogP contribution in [0.5, 0.6) is 0 Å². The van der Waals surface area contributed by atoms with Crippen molar-refractivity contribution in [3.63, 3.8) is 0 Å². The van der Waals surface area contributed by atoms with Gasteiger partial charge in [0.1, 0.15) is 6.04 Å². The van der Waals surface area contributed by atoms with Gasteiger partial charge >= 0.3 is 7.60 Å². The Morgan fingerprint density at radius 3 is 2.35 bits per heavy atom. The third-order valence-electron chi connectivity index (χ3n) is 5.51. The van der Waals surface area contributed by atoms with Crippen LogP contribution in [0.25, 0.3) is 0 Å². The van der Waals surface area contributed by atoms with Crippen molar-refractivity contribution in [2.24, 2.45) is 0 Å². The minimum atomic E-state index is -3.24. The maximum atomic E-state index is 12.9. The first-order valence-corrected chi connectivity index (χ1v) is 13.3. The van der Waals surface area contributed by atoms with Gasteiger partial charge in [-0.2, -0.15) is 5.26 Å². The molecule has 0 bridgehead atoms. The first-order chi connectivity index (χ1) is 16.1. The van der Waals surface area contributed by atoms with E-state index >= 15 is 0 Å². The lowest BCUT2D eigenvalue weighted by Gasteiger charge is -2.31. The van der Waals surface area contributed by atoms with Gasteiger partial charge in [0.2, 0.25) is 0 Å². The molecular weight excluding hydrogens is 473 g/mol.